The summed E-state index contributed by atoms with van der Waals surface area (Å²) in [7, 11) is -5.64. The topological polar surface area (TPSA) is 92.8 Å². The molecule has 1 aliphatic heterocycles. The third-order valence-corrected chi connectivity index (χ3v) is 9.75. The summed E-state index contributed by atoms with van der Waals surface area (Å²) in [4.78, 5) is 0.197. The van der Waals surface area contributed by atoms with E-state index in [0.717, 1.165) is 24.8 Å². The van der Waals surface area contributed by atoms with Crippen molar-refractivity contribution in [3.63, 3.8) is 0 Å². The third-order valence-electron chi connectivity index (χ3n) is 6.05. The van der Waals surface area contributed by atoms with Gasteiger partial charge in [-0.3, -0.25) is 9.03 Å². The molecule has 168 valence electrons. The molecule has 0 atom stereocenters. The van der Waals surface area contributed by atoms with Crippen molar-refractivity contribution in [1.29, 1.82) is 0 Å². The molecule has 9 heteroatoms. The number of methoxy groups -OCH3 is 1. The van der Waals surface area contributed by atoms with Crippen LogP contribution in [0.3, 0.4) is 0 Å². The maximum absolute atomic E-state index is 13.2. The molecule has 7 nitrogen and oxygen atoms in total. The summed E-state index contributed by atoms with van der Waals surface area (Å²) in [6, 6.07) is 11.5. The molecular formula is C22H28N2O5S2. The van der Waals surface area contributed by atoms with Crippen LogP contribution in [0.2, 0.25) is 0 Å². The zero-order valence-electron chi connectivity index (χ0n) is 17.6. The van der Waals surface area contributed by atoms with Gasteiger partial charge in [-0.05, 0) is 73.7 Å². The highest BCUT2D eigenvalue weighted by Crippen LogP contribution is 2.35. The molecule has 0 saturated heterocycles. The summed E-state index contributed by atoms with van der Waals surface area (Å²) < 4.78 is 61.3. The van der Waals surface area contributed by atoms with E-state index >= 15 is 0 Å². The summed E-state index contributed by atoms with van der Waals surface area (Å²) in [5.74, 6) is 0.591. The van der Waals surface area contributed by atoms with Crippen molar-refractivity contribution < 1.29 is 21.6 Å². The number of benzene rings is 2. The molecule has 1 heterocycles. The standard InChI is InChI=1S/C22H28N2O5S2/c1-29-19-10-12-21(13-11-19)31(27,28)24-15-5-6-17-16-18(9-14-22(17)24)23-30(25,26)20-7-3-2-4-8-20/h9-14,16,20,23H,2-8,15H2,1H3. The second kappa shape index (κ2) is 8.70. The van der Waals surface area contributed by atoms with E-state index in [0.29, 0.717) is 49.4 Å². The minimum Gasteiger partial charge on any atom is -0.497 e. The van der Waals surface area contributed by atoms with E-state index in [4.69, 9.17) is 4.74 Å². The van der Waals surface area contributed by atoms with Gasteiger partial charge < -0.3 is 4.74 Å². The van der Waals surface area contributed by atoms with E-state index in [2.05, 4.69) is 4.72 Å². The smallest absolute Gasteiger partial charge is 0.264 e. The van der Waals surface area contributed by atoms with E-state index in [9.17, 15) is 16.8 Å². The van der Waals surface area contributed by atoms with Gasteiger partial charge >= 0.3 is 0 Å². The van der Waals surface area contributed by atoms with Gasteiger partial charge in [-0.1, -0.05) is 19.3 Å². The molecule has 2 aromatic rings. The molecule has 0 spiro atoms. The Bertz CT molecular complexity index is 1140. The summed E-state index contributed by atoms with van der Waals surface area (Å²) in [5, 5.41) is -0.357. The summed E-state index contributed by atoms with van der Waals surface area (Å²) in [6.07, 6.45) is 5.71. The van der Waals surface area contributed by atoms with Crippen molar-refractivity contribution in [2.24, 2.45) is 0 Å². The highest BCUT2D eigenvalue weighted by atomic mass is 32.2. The monoisotopic (exact) mass is 464 g/mol. The minimum absolute atomic E-state index is 0.197. The first-order valence-corrected chi connectivity index (χ1v) is 13.6. The lowest BCUT2D eigenvalue weighted by molar-refractivity contribution is 0.414. The van der Waals surface area contributed by atoms with E-state index < -0.39 is 20.0 Å². The highest BCUT2D eigenvalue weighted by molar-refractivity contribution is 7.93. The average Bonchev–Trinajstić information content (AvgIpc) is 2.79. The van der Waals surface area contributed by atoms with Crippen LogP contribution in [0.25, 0.3) is 0 Å². The van der Waals surface area contributed by atoms with Crippen molar-refractivity contribution in [2.45, 2.75) is 55.1 Å². The Morgan fingerprint density at radius 2 is 1.65 bits per heavy atom. The first-order chi connectivity index (χ1) is 14.8. The van der Waals surface area contributed by atoms with E-state index in [1.165, 1.54) is 23.5 Å². The predicted octanol–water partition coefficient (Wildman–Crippen LogP) is 3.91. The van der Waals surface area contributed by atoms with Crippen molar-refractivity contribution >= 4 is 31.4 Å². The Labute approximate surface area is 184 Å². The molecule has 31 heavy (non-hydrogen) atoms. The van der Waals surface area contributed by atoms with E-state index in [1.807, 2.05) is 0 Å². The molecule has 0 amide bonds. The number of nitrogens with one attached hydrogen (secondary N) is 1. The second-order valence-corrected chi connectivity index (χ2v) is 11.9. The van der Waals surface area contributed by atoms with Crippen LogP contribution in [0.15, 0.2) is 47.4 Å². The van der Waals surface area contributed by atoms with Crippen molar-refractivity contribution in [2.75, 3.05) is 22.7 Å². The zero-order valence-corrected chi connectivity index (χ0v) is 19.2. The summed E-state index contributed by atoms with van der Waals surface area (Å²) in [6.45, 7) is 0.383. The maximum Gasteiger partial charge on any atom is 0.264 e. The number of anilines is 2. The first kappa shape index (κ1) is 22.0. The second-order valence-electron chi connectivity index (χ2n) is 8.11. The van der Waals surface area contributed by atoms with Gasteiger partial charge in [0.2, 0.25) is 10.0 Å². The Kier molecular flexibility index (Phi) is 6.16. The lowest BCUT2D eigenvalue weighted by Crippen LogP contribution is -2.35. The Morgan fingerprint density at radius 3 is 2.32 bits per heavy atom. The van der Waals surface area contributed by atoms with Gasteiger partial charge in [0.15, 0.2) is 0 Å². The number of rotatable bonds is 6. The van der Waals surface area contributed by atoms with Gasteiger partial charge in [-0.15, -0.1) is 0 Å². The number of hydrogen-bond acceptors (Lipinski definition) is 5. The largest absolute Gasteiger partial charge is 0.497 e. The van der Waals surface area contributed by atoms with Crippen LogP contribution < -0.4 is 13.8 Å². The predicted molar refractivity (Wildman–Crippen MR) is 122 cm³/mol. The number of nitrogens with zero attached hydrogens (tertiary/aromatic N) is 1. The molecule has 0 bridgehead atoms. The molecular weight excluding hydrogens is 436 g/mol. The van der Waals surface area contributed by atoms with Crippen molar-refractivity contribution in [3.05, 3.63) is 48.0 Å². The van der Waals surface area contributed by atoms with Gasteiger partial charge in [-0.25, -0.2) is 16.8 Å². The van der Waals surface area contributed by atoms with Gasteiger partial charge in [0, 0.05) is 12.2 Å². The molecule has 1 fully saturated rings. The van der Waals surface area contributed by atoms with Crippen LogP contribution >= 0.6 is 0 Å². The van der Waals surface area contributed by atoms with Gasteiger partial charge in [0.25, 0.3) is 10.0 Å². The number of aryl methyl sites for hydroxylation is 1. The van der Waals surface area contributed by atoms with Crippen LogP contribution in [0.1, 0.15) is 44.1 Å². The molecule has 4 rings (SSSR count). The Morgan fingerprint density at radius 1 is 0.935 bits per heavy atom. The van der Waals surface area contributed by atoms with Crippen molar-refractivity contribution in [3.8, 4) is 5.75 Å². The van der Waals surface area contributed by atoms with Crippen LogP contribution in [0, 0.1) is 0 Å². The number of sulfonamides is 2. The molecule has 1 saturated carbocycles. The molecule has 2 aliphatic rings. The van der Waals surface area contributed by atoms with Gasteiger partial charge in [0.1, 0.15) is 5.75 Å². The molecule has 0 aromatic heterocycles. The van der Waals surface area contributed by atoms with E-state index in [1.54, 1.807) is 30.3 Å². The third kappa shape index (κ3) is 4.52. The maximum atomic E-state index is 13.2. The Hall–Kier alpha value is -2.26. The highest BCUT2D eigenvalue weighted by Gasteiger charge is 2.31. The average molecular weight is 465 g/mol. The Balaban J connectivity index is 1.59. The molecule has 2 aromatic carbocycles. The summed E-state index contributed by atoms with van der Waals surface area (Å²) >= 11 is 0. The van der Waals surface area contributed by atoms with Gasteiger partial charge in [-0.2, -0.15) is 0 Å². The number of fused-ring (bicyclic) bond motifs is 1. The first-order valence-electron chi connectivity index (χ1n) is 10.6. The normalized spacial score (nSPS) is 17.8. The number of hydrogen-bond donors (Lipinski definition) is 1. The van der Waals surface area contributed by atoms with Crippen LogP contribution in [-0.4, -0.2) is 35.7 Å². The SMILES string of the molecule is COc1ccc(S(=O)(=O)N2CCCc3cc(NS(=O)(=O)C4CCCCC4)ccc32)cc1. The zero-order chi connectivity index (χ0) is 22.1. The molecule has 0 radical (unpaired) electrons. The van der Waals surface area contributed by atoms with Crippen molar-refractivity contribution in [1.82, 2.24) is 0 Å². The van der Waals surface area contributed by atoms with Crippen LogP contribution in [-0.2, 0) is 26.5 Å². The lowest BCUT2D eigenvalue weighted by atomic mass is 10.0. The molecule has 1 aliphatic carbocycles. The quantitative estimate of drug-likeness (QED) is 0.700. The minimum atomic E-state index is -3.73. The van der Waals surface area contributed by atoms with Gasteiger partial charge in [0.05, 0.1) is 22.9 Å². The molecule has 0 unspecified atom stereocenters. The number of ether oxygens (including phenoxy) is 1. The summed E-state index contributed by atoms with van der Waals surface area (Å²) in [5.41, 5.74) is 1.92. The molecule has 1 N–H and O–H groups in total. The van der Waals surface area contributed by atoms with E-state index in [-0.39, 0.29) is 10.1 Å². The van der Waals surface area contributed by atoms with Crippen LogP contribution in [0.5, 0.6) is 5.75 Å². The fourth-order valence-corrected chi connectivity index (χ4v) is 7.49. The fraction of sp³-hybridized carbons (Fsp3) is 0.455. The fourth-order valence-electron chi connectivity index (χ4n) is 4.37. The lowest BCUT2D eigenvalue weighted by Gasteiger charge is -2.31. The van der Waals surface area contributed by atoms with Crippen LogP contribution in [0.4, 0.5) is 11.4 Å².